The maximum atomic E-state index is 13.0. The van der Waals surface area contributed by atoms with E-state index in [0.29, 0.717) is 6.07 Å². The molecule has 1 heterocycles. The molecule has 0 fully saturated rings. The number of carbonyl (C=O) groups excluding carboxylic acids is 1. The fourth-order valence-electron chi connectivity index (χ4n) is 1.53. The first-order valence-electron chi connectivity index (χ1n) is 5.37. The normalized spacial score (nSPS) is 11.6. The van der Waals surface area contributed by atoms with Crippen molar-refractivity contribution in [2.75, 3.05) is 7.11 Å². The van der Waals surface area contributed by atoms with E-state index < -0.39 is 48.2 Å². The van der Waals surface area contributed by atoms with E-state index in [9.17, 15) is 26.7 Å². The summed E-state index contributed by atoms with van der Waals surface area (Å²) in [5.41, 5.74) is -1.58. The highest BCUT2D eigenvalue weighted by Gasteiger charge is 2.33. The van der Waals surface area contributed by atoms with Crippen LogP contribution >= 0.6 is 11.6 Å². The van der Waals surface area contributed by atoms with Crippen molar-refractivity contribution in [2.24, 2.45) is 0 Å². The van der Waals surface area contributed by atoms with E-state index in [2.05, 4.69) is 14.5 Å². The summed E-state index contributed by atoms with van der Waals surface area (Å²) in [6, 6.07) is 0.656. The third-order valence-electron chi connectivity index (χ3n) is 2.32. The summed E-state index contributed by atoms with van der Waals surface area (Å²) < 4.78 is 70.3. The number of halogens is 6. The number of aromatic nitrogens is 1. The summed E-state index contributed by atoms with van der Waals surface area (Å²) >= 11 is 5.45. The molecule has 4 nitrogen and oxygen atoms in total. The van der Waals surface area contributed by atoms with Gasteiger partial charge in [-0.3, -0.25) is 4.79 Å². The van der Waals surface area contributed by atoms with Gasteiger partial charge in [-0.1, -0.05) is 0 Å². The van der Waals surface area contributed by atoms with Crippen molar-refractivity contribution in [3.05, 3.63) is 22.9 Å². The molecule has 1 rings (SSSR count). The van der Waals surface area contributed by atoms with Crippen LogP contribution in [0, 0.1) is 0 Å². The zero-order valence-corrected chi connectivity index (χ0v) is 11.3. The van der Waals surface area contributed by atoms with E-state index in [-0.39, 0.29) is 5.56 Å². The Morgan fingerprint density at radius 2 is 2.05 bits per heavy atom. The van der Waals surface area contributed by atoms with E-state index in [1.54, 1.807) is 0 Å². The number of carbonyl (C=O) groups is 1. The van der Waals surface area contributed by atoms with Gasteiger partial charge in [-0.2, -0.15) is 0 Å². The highest BCUT2D eigenvalue weighted by Crippen LogP contribution is 2.32. The monoisotopic (exact) mass is 333 g/mol. The lowest BCUT2D eigenvalue weighted by atomic mass is 10.1. The molecule has 0 bridgehead atoms. The molecule has 0 aliphatic carbocycles. The maximum Gasteiger partial charge on any atom is 0.574 e. The summed E-state index contributed by atoms with van der Waals surface area (Å²) in [5.74, 6) is -2.40. The van der Waals surface area contributed by atoms with Crippen molar-refractivity contribution < 1.29 is 36.2 Å². The first kappa shape index (κ1) is 17.4. The lowest BCUT2D eigenvalue weighted by Gasteiger charge is -2.15. The minimum atomic E-state index is -5.05. The highest BCUT2D eigenvalue weighted by atomic mass is 35.5. The first-order valence-corrected chi connectivity index (χ1v) is 5.90. The number of ether oxygens (including phenoxy) is 2. The molecule has 0 atom stereocenters. The Bertz CT molecular complexity index is 521. The average Bonchev–Trinajstić information content (AvgIpc) is 2.35. The quantitative estimate of drug-likeness (QED) is 0.471. The summed E-state index contributed by atoms with van der Waals surface area (Å²) in [4.78, 5) is 14.4. The summed E-state index contributed by atoms with van der Waals surface area (Å²) in [7, 11) is 1.00. The Labute approximate surface area is 120 Å². The molecule has 0 radical (unpaired) electrons. The van der Waals surface area contributed by atoms with Gasteiger partial charge in [0.15, 0.2) is 0 Å². The number of esters is 1. The van der Waals surface area contributed by atoms with Crippen LogP contribution in [0.15, 0.2) is 6.07 Å². The SMILES string of the molecule is COC(=O)Cc1nc(OC(F)(F)F)cc(CCl)c1C(F)F. The smallest absolute Gasteiger partial charge is 0.469 e. The summed E-state index contributed by atoms with van der Waals surface area (Å²) in [6.45, 7) is 0. The lowest BCUT2D eigenvalue weighted by Crippen LogP contribution is -2.20. The van der Waals surface area contributed by atoms with Crippen LogP contribution in [0.2, 0.25) is 0 Å². The number of rotatable bonds is 5. The fourth-order valence-corrected chi connectivity index (χ4v) is 1.75. The first-order chi connectivity index (χ1) is 9.67. The van der Waals surface area contributed by atoms with Crippen LogP contribution in [0.4, 0.5) is 22.0 Å². The molecule has 0 N–H and O–H groups in total. The van der Waals surface area contributed by atoms with Crippen LogP contribution in [0.5, 0.6) is 5.88 Å². The van der Waals surface area contributed by atoms with E-state index in [0.717, 1.165) is 7.11 Å². The Morgan fingerprint density at radius 3 is 2.48 bits per heavy atom. The molecule has 0 spiro atoms. The Balaban J connectivity index is 3.33. The Hall–Kier alpha value is -1.64. The predicted octanol–water partition coefficient (Wildman–Crippen LogP) is 3.37. The van der Waals surface area contributed by atoms with Gasteiger partial charge < -0.3 is 9.47 Å². The minimum absolute atomic E-state index is 0.306. The zero-order valence-electron chi connectivity index (χ0n) is 10.5. The number of nitrogens with zero attached hydrogens (tertiary/aromatic N) is 1. The molecule has 21 heavy (non-hydrogen) atoms. The maximum absolute atomic E-state index is 13.0. The van der Waals surface area contributed by atoms with Gasteiger partial charge in [-0.25, -0.2) is 13.8 Å². The van der Waals surface area contributed by atoms with Crippen molar-refractivity contribution >= 4 is 17.6 Å². The van der Waals surface area contributed by atoms with Gasteiger partial charge in [0.25, 0.3) is 6.43 Å². The van der Waals surface area contributed by atoms with Crippen LogP contribution in [0.1, 0.15) is 23.2 Å². The summed E-state index contributed by atoms with van der Waals surface area (Å²) in [5, 5.41) is 0. The van der Waals surface area contributed by atoms with Gasteiger partial charge in [0, 0.05) is 17.5 Å². The second-order valence-corrected chi connectivity index (χ2v) is 3.98. The number of pyridine rings is 1. The zero-order chi connectivity index (χ0) is 16.2. The average molecular weight is 334 g/mol. The molecule has 0 aliphatic heterocycles. The van der Waals surface area contributed by atoms with E-state index in [1.807, 2.05) is 0 Å². The van der Waals surface area contributed by atoms with Gasteiger partial charge in [0.1, 0.15) is 0 Å². The highest BCUT2D eigenvalue weighted by molar-refractivity contribution is 6.17. The van der Waals surface area contributed by atoms with Gasteiger partial charge in [0.05, 0.1) is 19.2 Å². The van der Waals surface area contributed by atoms with E-state index in [4.69, 9.17) is 11.6 Å². The predicted molar refractivity (Wildman–Crippen MR) is 61.2 cm³/mol. The Kier molecular flexibility index (Phi) is 5.70. The van der Waals surface area contributed by atoms with Crippen molar-refractivity contribution in [3.8, 4) is 5.88 Å². The topological polar surface area (TPSA) is 48.4 Å². The third kappa shape index (κ3) is 5.00. The standard InChI is InChI=1S/C11H9ClF5NO3/c1-20-8(19)3-6-9(10(13)14)5(4-12)2-7(18-6)21-11(15,16)17/h2,10H,3-4H2,1H3. The van der Waals surface area contributed by atoms with Crippen molar-refractivity contribution in [1.82, 2.24) is 4.98 Å². The van der Waals surface area contributed by atoms with E-state index >= 15 is 0 Å². The van der Waals surface area contributed by atoms with Crippen LogP contribution in [0.3, 0.4) is 0 Å². The number of hydrogen-bond acceptors (Lipinski definition) is 4. The largest absolute Gasteiger partial charge is 0.574 e. The molecule has 1 aromatic rings. The molecule has 0 aliphatic rings. The molecule has 0 amide bonds. The lowest BCUT2D eigenvalue weighted by molar-refractivity contribution is -0.276. The molecule has 0 aromatic carbocycles. The number of alkyl halides is 6. The minimum Gasteiger partial charge on any atom is -0.469 e. The number of methoxy groups -OCH3 is 1. The van der Waals surface area contributed by atoms with Gasteiger partial charge in [-0.15, -0.1) is 24.8 Å². The molecule has 0 unspecified atom stereocenters. The number of hydrogen-bond donors (Lipinski definition) is 0. The van der Waals surface area contributed by atoms with Crippen molar-refractivity contribution in [3.63, 3.8) is 0 Å². The second kappa shape index (κ2) is 6.88. The fraction of sp³-hybridized carbons (Fsp3) is 0.455. The molecule has 10 heteroatoms. The Morgan fingerprint density at radius 1 is 1.43 bits per heavy atom. The third-order valence-corrected chi connectivity index (χ3v) is 2.61. The van der Waals surface area contributed by atoms with Gasteiger partial charge in [0.2, 0.25) is 5.88 Å². The molecule has 0 saturated carbocycles. The molecular weight excluding hydrogens is 325 g/mol. The molecule has 1 aromatic heterocycles. The van der Waals surface area contributed by atoms with Gasteiger partial charge >= 0.3 is 12.3 Å². The van der Waals surface area contributed by atoms with Crippen LogP contribution < -0.4 is 4.74 Å². The van der Waals surface area contributed by atoms with Gasteiger partial charge in [-0.05, 0) is 5.56 Å². The van der Waals surface area contributed by atoms with Crippen LogP contribution in [0.25, 0.3) is 0 Å². The van der Waals surface area contributed by atoms with Crippen LogP contribution in [-0.4, -0.2) is 24.4 Å². The van der Waals surface area contributed by atoms with Crippen LogP contribution in [-0.2, 0) is 21.8 Å². The van der Waals surface area contributed by atoms with Crippen molar-refractivity contribution in [2.45, 2.75) is 25.1 Å². The van der Waals surface area contributed by atoms with E-state index in [1.165, 1.54) is 0 Å². The molecule has 118 valence electrons. The second-order valence-electron chi connectivity index (χ2n) is 3.72. The summed E-state index contributed by atoms with van der Waals surface area (Å²) in [6.07, 6.45) is -8.84. The molecule has 0 saturated heterocycles. The van der Waals surface area contributed by atoms with Crippen molar-refractivity contribution in [1.29, 1.82) is 0 Å². The molecular formula is C11H9ClF5NO3.